The predicted molar refractivity (Wildman–Crippen MR) is 133 cm³/mol. The molecular weight excluding hydrogens is 444 g/mol. The molecule has 0 aromatic carbocycles. The van der Waals surface area contributed by atoms with E-state index in [-0.39, 0.29) is 13.2 Å². The lowest BCUT2D eigenvalue weighted by Crippen LogP contribution is -2.44. The van der Waals surface area contributed by atoms with Crippen LogP contribution in [-0.2, 0) is 33.3 Å². The number of rotatable bonds is 24. The average Bonchev–Trinajstić information content (AvgIpc) is 2.76. The van der Waals surface area contributed by atoms with Crippen molar-refractivity contribution in [1.82, 2.24) is 0 Å². The van der Waals surface area contributed by atoms with Crippen molar-refractivity contribution in [2.75, 3.05) is 33.2 Å². The standard InChI is InChI=1S/C25H50O7S/c1-5-6-7-8-9-10-11-12-13-14-15-16-17-18-19-20-21-30-22-23-31-25(2,24(26)29-3)32-33(4,27)28/h5-23H2,1-4H3. The molecule has 33 heavy (non-hydrogen) atoms. The zero-order valence-corrected chi connectivity index (χ0v) is 22.5. The van der Waals surface area contributed by atoms with Crippen LogP contribution in [0.25, 0.3) is 0 Å². The molecule has 0 fully saturated rings. The molecule has 1 unspecified atom stereocenters. The Bertz CT molecular complexity index is 565. The summed E-state index contributed by atoms with van der Waals surface area (Å²) in [4.78, 5) is 11.8. The van der Waals surface area contributed by atoms with Gasteiger partial charge in [-0.05, 0) is 6.42 Å². The Morgan fingerprint density at radius 1 is 0.697 bits per heavy atom. The first-order valence-corrected chi connectivity index (χ1v) is 14.8. The van der Waals surface area contributed by atoms with Crippen molar-refractivity contribution in [3.8, 4) is 0 Å². The topological polar surface area (TPSA) is 88.1 Å². The molecule has 0 saturated heterocycles. The zero-order chi connectivity index (χ0) is 24.8. The number of carbonyl (C=O) groups is 1. The molecular formula is C25H50O7S. The third-order valence-corrected chi connectivity index (χ3v) is 6.23. The van der Waals surface area contributed by atoms with Crippen LogP contribution in [0.15, 0.2) is 0 Å². The number of methoxy groups -OCH3 is 1. The lowest BCUT2D eigenvalue weighted by Gasteiger charge is -2.25. The van der Waals surface area contributed by atoms with Gasteiger partial charge in [-0.1, -0.05) is 103 Å². The molecule has 0 aliphatic rings. The fourth-order valence-electron chi connectivity index (χ4n) is 3.74. The number of carbonyl (C=O) groups excluding carboxylic acids is 1. The van der Waals surface area contributed by atoms with E-state index in [9.17, 15) is 13.2 Å². The van der Waals surface area contributed by atoms with Crippen LogP contribution in [0.2, 0.25) is 0 Å². The van der Waals surface area contributed by atoms with Crippen LogP contribution in [0.5, 0.6) is 0 Å². The minimum Gasteiger partial charge on any atom is -0.465 e. The summed E-state index contributed by atoms with van der Waals surface area (Å²) in [5.74, 6) is -2.91. The Hall–Kier alpha value is -0.700. The van der Waals surface area contributed by atoms with Crippen molar-refractivity contribution >= 4 is 16.1 Å². The number of unbranched alkanes of at least 4 members (excludes halogenated alkanes) is 15. The minimum atomic E-state index is -3.88. The fraction of sp³-hybridized carbons (Fsp3) is 0.960. The molecule has 0 spiro atoms. The molecule has 0 heterocycles. The Labute approximate surface area is 203 Å². The van der Waals surface area contributed by atoms with Gasteiger partial charge in [0, 0.05) is 13.5 Å². The van der Waals surface area contributed by atoms with E-state index in [0.29, 0.717) is 6.61 Å². The first kappa shape index (κ1) is 32.3. The summed E-state index contributed by atoms with van der Waals surface area (Å²) >= 11 is 0. The molecule has 0 radical (unpaired) electrons. The number of hydrogen-bond donors (Lipinski definition) is 0. The van der Waals surface area contributed by atoms with Crippen LogP contribution < -0.4 is 0 Å². The molecule has 0 saturated carbocycles. The van der Waals surface area contributed by atoms with Gasteiger partial charge in [0.15, 0.2) is 0 Å². The fourth-order valence-corrected chi connectivity index (χ4v) is 4.43. The van der Waals surface area contributed by atoms with Crippen molar-refractivity contribution in [2.45, 2.75) is 122 Å². The van der Waals surface area contributed by atoms with Gasteiger partial charge in [-0.2, -0.15) is 8.42 Å². The monoisotopic (exact) mass is 494 g/mol. The van der Waals surface area contributed by atoms with E-state index in [0.717, 1.165) is 26.2 Å². The number of ether oxygens (including phenoxy) is 3. The smallest absolute Gasteiger partial charge is 0.367 e. The highest BCUT2D eigenvalue weighted by atomic mass is 32.2. The first-order chi connectivity index (χ1) is 15.7. The normalized spacial score (nSPS) is 13.7. The van der Waals surface area contributed by atoms with E-state index in [1.54, 1.807) is 0 Å². The highest BCUT2D eigenvalue weighted by Crippen LogP contribution is 2.17. The molecule has 0 aromatic rings. The summed E-state index contributed by atoms with van der Waals surface area (Å²) in [6.07, 6.45) is 22.1. The van der Waals surface area contributed by atoms with Gasteiger partial charge in [-0.25, -0.2) is 8.98 Å². The third-order valence-electron chi connectivity index (χ3n) is 5.61. The Balaban J connectivity index is 3.48. The van der Waals surface area contributed by atoms with E-state index in [2.05, 4.69) is 11.7 Å². The van der Waals surface area contributed by atoms with E-state index in [1.165, 1.54) is 96.8 Å². The van der Waals surface area contributed by atoms with Crippen molar-refractivity contribution in [3.05, 3.63) is 0 Å². The maximum absolute atomic E-state index is 11.8. The quantitative estimate of drug-likeness (QED) is 0.0688. The average molecular weight is 495 g/mol. The summed E-state index contributed by atoms with van der Waals surface area (Å²) < 4.78 is 42.8. The van der Waals surface area contributed by atoms with Crippen molar-refractivity contribution in [3.63, 3.8) is 0 Å². The molecule has 198 valence electrons. The Morgan fingerprint density at radius 3 is 1.52 bits per heavy atom. The maximum Gasteiger partial charge on any atom is 0.367 e. The summed E-state index contributed by atoms with van der Waals surface area (Å²) in [7, 11) is -2.74. The molecule has 0 rings (SSSR count). The largest absolute Gasteiger partial charge is 0.465 e. The molecule has 0 aliphatic carbocycles. The highest BCUT2D eigenvalue weighted by molar-refractivity contribution is 7.86. The molecule has 0 N–H and O–H groups in total. The second-order valence-corrected chi connectivity index (χ2v) is 10.6. The molecule has 0 bridgehead atoms. The Kier molecular flexibility index (Phi) is 20.2. The second-order valence-electron chi connectivity index (χ2n) is 8.99. The summed E-state index contributed by atoms with van der Waals surface area (Å²) in [6.45, 7) is 4.38. The van der Waals surface area contributed by atoms with Gasteiger partial charge in [0.25, 0.3) is 15.9 Å². The summed E-state index contributed by atoms with van der Waals surface area (Å²) in [5.41, 5.74) is 0. The molecule has 8 heteroatoms. The van der Waals surface area contributed by atoms with Gasteiger partial charge in [-0.15, -0.1) is 0 Å². The summed E-state index contributed by atoms with van der Waals surface area (Å²) in [5, 5.41) is 0. The summed E-state index contributed by atoms with van der Waals surface area (Å²) in [6, 6.07) is 0. The lowest BCUT2D eigenvalue weighted by atomic mass is 10.0. The van der Waals surface area contributed by atoms with Crippen LogP contribution >= 0.6 is 0 Å². The predicted octanol–water partition coefficient (Wildman–Crippen LogP) is 6.15. The van der Waals surface area contributed by atoms with E-state index in [1.807, 2.05) is 0 Å². The number of hydrogen-bond acceptors (Lipinski definition) is 7. The van der Waals surface area contributed by atoms with Crippen LogP contribution in [0, 0.1) is 0 Å². The van der Waals surface area contributed by atoms with Gasteiger partial charge in [0.1, 0.15) is 0 Å². The highest BCUT2D eigenvalue weighted by Gasteiger charge is 2.40. The SMILES string of the molecule is CCCCCCCCCCCCCCCCCCOCCOC(C)(OS(C)(=O)=O)C(=O)OC. The minimum absolute atomic E-state index is 0.0278. The second kappa shape index (κ2) is 20.7. The zero-order valence-electron chi connectivity index (χ0n) is 21.7. The third kappa shape index (κ3) is 20.4. The molecule has 0 amide bonds. The van der Waals surface area contributed by atoms with Crippen LogP contribution in [0.4, 0.5) is 0 Å². The Morgan fingerprint density at radius 2 is 1.12 bits per heavy atom. The van der Waals surface area contributed by atoms with E-state index < -0.39 is 21.9 Å². The van der Waals surface area contributed by atoms with Crippen molar-refractivity contribution in [2.24, 2.45) is 0 Å². The lowest BCUT2D eigenvalue weighted by molar-refractivity contribution is -0.210. The molecule has 0 aromatic heterocycles. The molecule has 7 nitrogen and oxygen atoms in total. The van der Waals surface area contributed by atoms with Crippen LogP contribution in [0.1, 0.15) is 117 Å². The van der Waals surface area contributed by atoms with Crippen LogP contribution in [-0.4, -0.2) is 53.4 Å². The molecule has 1 atom stereocenters. The number of esters is 1. The van der Waals surface area contributed by atoms with E-state index >= 15 is 0 Å². The van der Waals surface area contributed by atoms with Gasteiger partial charge < -0.3 is 14.2 Å². The van der Waals surface area contributed by atoms with Gasteiger partial charge in [0.05, 0.1) is 26.6 Å². The maximum atomic E-state index is 11.8. The van der Waals surface area contributed by atoms with Gasteiger partial charge >= 0.3 is 5.97 Å². The van der Waals surface area contributed by atoms with Crippen LogP contribution in [0.3, 0.4) is 0 Å². The van der Waals surface area contributed by atoms with Crippen molar-refractivity contribution < 1.29 is 31.6 Å². The van der Waals surface area contributed by atoms with Gasteiger partial charge in [0.2, 0.25) is 0 Å². The van der Waals surface area contributed by atoms with Crippen molar-refractivity contribution in [1.29, 1.82) is 0 Å². The van der Waals surface area contributed by atoms with E-state index in [4.69, 9.17) is 13.7 Å². The molecule has 0 aliphatic heterocycles. The first-order valence-electron chi connectivity index (χ1n) is 13.0. The van der Waals surface area contributed by atoms with Gasteiger partial charge in [-0.3, -0.25) is 0 Å².